The Morgan fingerprint density at radius 1 is 1.14 bits per heavy atom. The Morgan fingerprint density at radius 2 is 1.82 bits per heavy atom. The number of carbonyl (C=O) groups excluding carboxylic acids is 4. The van der Waals surface area contributed by atoms with Crippen LogP contribution in [0.25, 0.3) is 0 Å². The topological polar surface area (TPSA) is 134 Å². The van der Waals surface area contributed by atoms with Gasteiger partial charge in [0.1, 0.15) is 11.6 Å². The molecule has 0 aliphatic rings. The maximum atomic E-state index is 12.3. The minimum Gasteiger partial charge on any atom is -0.460 e. The zero-order valence-corrected chi connectivity index (χ0v) is 17.3. The minimum atomic E-state index is -0.728. The van der Waals surface area contributed by atoms with Gasteiger partial charge in [-0.25, -0.2) is 4.79 Å². The Bertz CT molecular complexity index is 728. The Morgan fingerprint density at radius 3 is 2.39 bits per heavy atom. The van der Waals surface area contributed by atoms with Gasteiger partial charge in [-0.2, -0.15) is 0 Å². The first-order valence-corrected chi connectivity index (χ1v) is 9.53. The van der Waals surface area contributed by atoms with Crippen molar-refractivity contribution in [2.24, 2.45) is 11.7 Å². The summed E-state index contributed by atoms with van der Waals surface area (Å²) in [5.74, 6) is -2.23. The van der Waals surface area contributed by atoms with Crippen LogP contribution in [0.5, 0.6) is 0 Å². The van der Waals surface area contributed by atoms with E-state index in [1.807, 2.05) is 13.8 Å². The summed E-state index contributed by atoms with van der Waals surface area (Å²) in [4.78, 5) is 47.8. The second-order valence-corrected chi connectivity index (χ2v) is 7.42. The van der Waals surface area contributed by atoms with E-state index in [0.29, 0.717) is 17.9 Å². The number of primary amides is 1. The van der Waals surface area contributed by atoms with Crippen molar-refractivity contribution in [2.45, 2.75) is 33.6 Å². The average Bonchev–Trinajstić information content (AvgIpc) is 2.94. The van der Waals surface area contributed by atoms with Gasteiger partial charge in [-0.05, 0) is 24.8 Å². The molecular weight excluding hydrogens is 388 g/mol. The average molecular weight is 414 g/mol. The molecule has 1 aromatic heterocycles. The first kappa shape index (κ1) is 23.6. The van der Waals surface area contributed by atoms with Crippen molar-refractivity contribution in [2.75, 3.05) is 32.2 Å². The lowest BCUT2D eigenvalue weighted by Crippen LogP contribution is -2.22. The quantitative estimate of drug-likeness (QED) is 0.417. The predicted octanol–water partition coefficient (Wildman–Crippen LogP) is 1.88. The van der Waals surface area contributed by atoms with Gasteiger partial charge in [-0.3, -0.25) is 14.4 Å². The molecule has 0 radical (unpaired) electrons. The van der Waals surface area contributed by atoms with Crippen LogP contribution < -0.4 is 11.1 Å². The third-order valence-electron chi connectivity index (χ3n) is 3.64. The molecule has 3 N–H and O–H groups in total. The predicted molar refractivity (Wildman–Crippen MR) is 103 cm³/mol. The molecule has 0 saturated carbocycles. The molecule has 0 unspecified atom stereocenters. The summed E-state index contributed by atoms with van der Waals surface area (Å²) in [6, 6.07) is 0. The minimum absolute atomic E-state index is 0.0113. The van der Waals surface area contributed by atoms with Crippen molar-refractivity contribution in [1.29, 1.82) is 0 Å². The maximum absolute atomic E-state index is 12.3. The maximum Gasteiger partial charge on any atom is 0.341 e. The van der Waals surface area contributed by atoms with E-state index >= 15 is 0 Å². The molecule has 0 aliphatic carbocycles. The highest BCUT2D eigenvalue weighted by Gasteiger charge is 2.26. The van der Waals surface area contributed by atoms with Gasteiger partial charge in [0.05, 0.1) is 17.0 Å². The normalized spacial score (nSPS) is 10.6. The van der Waals surface area contributed by atoms with E-state index in [-0.39, 0.29) is 35.1 Å². The van der Waals surface area contributed by atoms with E-state index in [1.54, 1.807) is 0 Å². The number of rotatable bonds is 11. The summed E-state index contributed by atoms with van der Waals surface area (Å²) in [5.41, 5.74) is 5.67. The second kappa shape index (κ2) is 11.4. The number of hydrogen-bond acceptors (Lipinski definition) is 8. The highest BCUT2D eigenvalue weighted by molar-refractivity contribution is 7.18. The molecule has 0 fully saturated rings. The molecule has 1 rings (SSSR count). The summed E-state index contributed by atoms with van der Waals surface area (Å²) in [5, 5.41) is 2.59. The number of nitrogens with two attached hydrogens (primary N) is 1. The van der Waals surface area contributed by atoms with Crippen molar-refractivity contribution in [3.63, 3.8) is 0 Å². The summed E-state index contributed by atoms with van der Waals surface area (Å²) >= 11 is 0.859. The molecule has 0 aliphatic heterocycles. The molecule has 10 heteroatoms. The lowest BCUT2D eigenvalue weighted by Gasteiger charge is -2.09. The molecule has 9 nitrogen and oxygen atoms in total. The number of hydrogen-bond donors (Lipinski definition) is 2. The van der Waals surface area contributed by atoms with Gasteiger partial charge in [-0.1, -0.05) is 13.8 Å². The van der Waals surface area contributed by atoms with Gasteiger partial charge < -0.3 is 25.3 Å². The number of amides is 2. The number of ether oxygens (including phenoxy) is 3. The molecular formula is C18H26N2O7S. The van der Waals surface area contributed by atoms with Crippen LogP contribution in [-0.2, 0) is 23.8 Å². The first-order chi connectivity index (χ1) is 13.2. The van der Waals surface area contributed by atoms with E-state index in [4.69, 9.17) is 19.9 Å². The van der Waals surface area contributed by atoms with Crippen molar-refractivity contribution in [3.8, 4) is 0 Å². The summed E-state index contributed by atoms with van der Waals surface area (Å²) in [6.07, 6.45) is 0.871. The third-order valence-corrected chi connectivity index (χ3v) is 4.86. The van der Waals surface area contributed by atoms with Crippen LogP contribution in [0.2, 0.25) is 0 Å². The Hall–Kier alpha value is -2.46. The van der Waals surface area contributed by atoms with Crippen molar-refractivity contribution < 1.29 is 33.4 Å². The molecule has 0 atom stereocenters. The van der Waals surface area contributed by atoms with Crippen molar-refractivity contribution in [1.82, 2.24) is 0 Å². The number of methoxy groups -OCH3 is 1. The number of carbonyl (C=O) groups is 4. The molecule has 1 aromatic rings. The van der Waals surface area contributed by atoms with Crippen LogP contribution in [0.15, 0.2) is 0 Å². The SMILES string of the molecule is COCCOC(=O)c1c(NC(=O)COC(=O)CCC(C)C)sc(C(N)=O)c1C. The fraction of sp³-hybridized carbons (Fsp3) is 0.556. The fourth-order valence-corrected chi connectivity index (χ4v) is 3.22. The lowest BCUT2D eigenvalue weighted by atomic mass is 10.1. The van der Waals surface area contributed by atoms with Crippen LogP contribution in [0.1, 0.15) is 52.3 Å². The van der Waals surface area contributed by atoms with E-state index in [2.05, 4.69) is 5.32 Å². The fourth-order valence-electron chi connectivity index (χ4n) is 2.16. The number of anilines is 1. The van der Waals surface area contributed by atoms with Crippen LogP contribution in [0, 0.1) is 12.8 Å². The Balaban J connectivity index is 2.83. The molecule has 0 aromatic carbocycles. The van der Waals surface area contributed by atoms with Gasteiger partial charge >= 0.3 is 11.9 Å². The molecule has 1 heterocycles. The van der Waals surface area contributed by atoms with E-state index in [9.17, 15) is 19.2 Å². The molecule has 0 spiro atoms. The van der Waals surface area contributed by atoms with Crippen LogP contribution in [0.3, 0.4) is 0 Å². The molecule has 0 bridgehead atoms. The van der Waals surface area contributed by atoms with Gasteiger partial charge in [0, 0.05) is 13.5 Å². The van der Waals surface area contributed by atoms with E-state index in [1.165, 1.54) is 14.0 Å². The molecule has 2 amide bonds. The first-order valence-electron chi connectivity index (χ1n) is 8.72. The van der Waals surface area contributed by atoms with E-state index in [0.717, 1.165) is 11.3 Å². The van der Waals surface area contributed by atoms with Crippen molar-refractivity contribution in [3.05, 3.63) is 16.0 Å². The van der Waals surface area contributed by atoms with Gasteiger partial charge in [0.15, 0.2) is 6.61 Å². The lowest BCUT2D eigenvalue weighted by molar-refractivity contribution is -0.147. The highest BCUT2D eigenvalue weighted by atomic mass is 32.1. The van der Waals surface area contributed by atoms with E-state index < -0.39 is 30.4 Å². The smallest absolute Gasteiger partial charge is 0.341 e. The van der Waals surface area contributed by atoms with Gasteiger partial charge in [0.2, 0.25) is 0 Å². The molecule has 156 valence electrons. The summed E-state index contributed by atoms with van der Waals surface area (Å²) in [7, 11) is 1.46. The summed E-state index contributed by atoms with van der Waals surface area (Å²) < 4.78 is 14.8. The standard InChI is InChI=1S/C18H26N2O7S/c1-10(2)5-6-13(22)27-9-12(21)20-17-14(18(24)26-8-7-25-4)11(3)15(28-17)16(19)23/h10H,5-9H2,1-4H3,(H2,19,23)(H,20,21). The van der Waals surface area contributed by atoms with Crippen molar-refractivity contribution >= 4 is 40.1 Å². The van der Waals surface area contributed by atoms with Crippen LogP contribution in [0.4, 0.5) is 5.00 Å². The monoisotopic (exact) mass is 414 g/mol. The number of esters is 2. The highest BCUT2D eigenvalue weighted by Crippen LogP contribution is 2.33. The van der Waals surface area contributed by atoms with Gasteiger partial charge in [-0.15, -0.1) is 11.3 Å². The Kier molecular flexibility index (Phi) is 9.60. The Labute approximate surface area is 167 Å². The number of nitrogens with one attached hydrogen (secondary N) is 1. The largest absolute Gasteiger partial charge is 0.460 e. The third kappa shape index (κ3) is 7.28. The molecule has 0 saturated heterocycles. The zero-order valence-electron chi connectivity index (χ0n) is 16.5. The second-order valence-electron chi connectivity index (χ2n) is 6.39. The van der Waals surface area contributed by atoms with Gasteiger partial charge in [0.25, 0.3) is 11.8 Å². The summed E-state index contributed by atoms with van der Waals surface area (Å²) in [6.45, 7) is 5.19. The number of thiophene rings is 1. The van der Waals surface area contributed by atoms with Crippen LogP contribution >= 0.6 is 11.3 Å². The zero-order chi connectivity index (χ0) is 21.3. The van der Waals surface area contributed by atoms with Crippen LogP contribution in [-0.4, -0.2) is 50.7 Å². The molecule has 28 heavy (non-hydrogen) atoms.